The predicted octanol–water partition coefficient (Wildman–Crippen LogP) is 2.47. The van der Waals surface area contributed by atoms with E-state index < -0.39 is 0 Å². The van der Waals surface area contributed by atoms with Gasteiger partial charge in [-0.25, -0.2) is 9.36 Å². The van der Waals surface area contributed by atoms with E-state index in [0.29, 0.717) is 17.8 Å². The number of nitrogens with zero attached hydrogens (tertiary/aromatic N) is 2. The zero-order chi connectivity index (χ0) is 14.8. The Morgan fingerprint density at radius 1 is 0.952 bits per heavy atom. The topological polar surface area (TPSA) is 47.2 Å². The lowest BCUT2D eigenvalue weighted by atomic mass is 10.1. The predicted molar refractivity (Wildman–Crippen MR) is 81.9 cm³/mol. The summed E-state index contributed by atoms with van der Waals surface area (Å²) in [4.78, 5) is 12.4. The van der Waals surface area contributed by atoms with Crippen molar-refractivity contribution < 1.29 is 5.11 Å². The summed E-state index contributed by atoms with van der Waals surface area (Å²) in [6, 6.07) is 18.9. The Hall–Kier alpha value is -2.75. The van der Waals surface area contributed by atoms with Crippen LogP contribution in [0.3, 0.4) is 0 Å². The zero-order valence-corrected chi connectivity index (χ0v) is 11.7. The van der Waals surface area contributed by atoms with Crippen LogP contribution < -0.4 is 5.69 Å². The summed E-state index contributed by atoms with van der Waals surface area (Å²) in [7, 11) is 1.68. The minimum absolute atomic E-state index is 0.00227. The van der Waals surface area contributed by atoms with E-state index in [1.165, 1.54) is 9.13 Å². The normalized spacial score (nSPS) is 10.7. The van der Waals surface area contributed by atoms with Gasteiger partial charge in [-0.3, -0.25) is 4.57 Å². The molecule has 3 aromatic rings. The summed E-state index contributed by atoms with van der Waals surface area (Å²) in [6.45, 7) is 0. The van der Waals surface area contributed by atoms with E-state index in [-0.39, 0.29) is 11.6 Å². The molecule has 21 heavy (non-hydrogen) atoms. The Labute approximate surface area is 122 Å². The van der Waals surface area contributed by atoms with Gasteiger partial charge in [-0.2, -0.15) is 0 Å². The van der Waals surface area contributed by atoms with E-state index >= 15 is 0 Å². The maximum absolute atomic E-state index is 12.4. The molecular weight excluding hydrogens is 264 g/mol. The van der Waals surface area contributed by atoms with Crippen LogP contribution in [0.15, 0.2) is 65.5 Å². The van der Waals surface area contributed by atoms with Gasteiger partial charge in [0.05, 0.1) is 11.4 Å². The summed E-state index contributed by atoms with van der Waals surface area (Å²) in [5, 5.41) is 10.4. The molecule has 0 amide bonds. The van der Waals surface area contributed by atoms with Crippen LogP contribution in [0, 0.1) is 0 Å². The lowest BCUT2D eigenvalue weighted by molar-refractivity contribution is 0.435. The number of para-hydroxylation sites is 1. The van der Waals surface area contributed by atoms with Gasteiger partial charge < -0.3 is 5.11 Å². The van der Waals surface area contributed by atoms with Crippen molar-refractivity contribution in [2.45, 2.75) is 6.42 Å². The van der Waals surface area contributed by atoms with Crippen molar-refractivity contribution in [3.8, 4) is 11.6 Å². The van der Waals surface area contributed by atoms with Gasteiger partial charge in [0.1, 0.15) is 0 Å². The van der Waals surface area contributed by atoms with Gasteiger partial charge in [-0.05, 0) is 17.7 Å². The molecule has 0 atom stereocenters. The van der Waals surface area contributed by atoms with E-state index in [0.717, 1.165) is 5.56 Å². The standard InChI is InChI=1S/C17H16N2O2/c1-18-15(12-13-8-4-2-5-9-13)16(20)19(17(18)21)14-10-6-3-7-11-14/h2-11,20H,12H2,1H3. The van der Waals surface area contributed by atoms with Crippen molar-refractivity contribution in [3.05, 3.63) is 82.4 Å². The fraction of sp³-hybridized carbons (Fsp3) is 0.118. The van der Waals surface area contributed by atoms with Gasteiger partial charge in [-0.1, -0.05) is 48.5 Å². The third kappa shape index (κ3) is 2.36. The molecule has 0 aliphatic carbocycles. The Bertz CT molecular complexity index is 802. The maximum atomic E-state index is 12.4. The number of rotatable bonds is 3. The molecule has 2 aromatic carbocycles. The first-order valence-corrected chi connectivity index (χ1v) is 6.77. The highest BCUT2D eigenvalue weighted by atomic mass is 16.3. The molecule has 4 nitrogen and oxygen atoms in total. The molecule has 1 heterocycles. The van der Waals surface area contributed by atoms with Crippen molar-refractivity contribution in [2.75, 3.05) is 0 Å². The molecule has 3 rings (SSSR count). The molecule has 0 fully saturated rings. The molecular formula is C17H16N2O2. The number of aromatic nitrogens is 2. The van der Waals surface area contributed by atoms with Gasteiger partial charge in [-0.15, -0.1) is 0 Å². The third-order valence-electron chi connectivity index (χ3n) is 3.58. The summed E-state index contributed by atoms with van der Waals surface area (Å²) >= 11 is 0. The molecule has 0 unspecified atom stereocenters. The first-order chi connectivity index (χ1) is 10.2. The van der Waals surface area contributed by atoms with Crippen molar-refractivity contribution in [1.29, 1.82) is 0 Å². The number of hydrogen-bond acceptors (Lipinski definition) is 2. The highest BCUT2D eigenvalue weighted by molar-refractivity contribution is 5.39. The number of benzene rings is 2. The molecule has 0 saturated carbocycles. The smallest absolute Gasteiger partial charge is 0.335 e. The summed E-state index contributed by atoms with van der Waals surface area (Å²) < 4.78 is 2.83. The molecule has 1 aromatic heterocycles. The first kappa shape index (κ1) is 13.2. The number of aromatic hydroxyl groups is 1. The highest BCUT2D eigenvalue weighted by Gasteiger charge is 2.18. The van der Waals surface area contributed by atoms with Crippen molar-refractivity contribution in [2.24, 2.45) is 7.05 Å². The second-order valence-corrected chi connectivity index (χ2v) is 4.95. The van der Waals surface area contributed by atoms with Gasteiger partial charge in [0, 0.05) is 13.5 Å². The van der Waals surface area contributed by atoms with E-state index in [1.807, 2.05) is 48.5 Å². The highest BCUT2D eigenvalue weighted by Crippen LogP contribution is 2.22. The van der Waals surface area contributed by atoms with E-state index in [2.05, 4.69) is 0 Å². The van der Waals surface area contributed by atoms with E-state index in [9.17, 15) is 9.90 Å². The lowest BCUT2D eigenvalue weighted by Gasteiger charge is -2.04. The van der Waals surface area contributed by atoms with Crippen molar-refractivity contribution >= 4 is 0 Å². The monoisotopic (exact) mass is 280 g/mol. The van der Waals surface area contributed by atoms with Crippen LogP contribution in [-0.2, 0) is 13.5 Å². The Morgan fingerprint density at radius 2 is 1.52 bits per heavy atom. The average Bonchev–Trinajstić information content (AvgIpc) is 2.73. The second-order valence-electron chi connectivity index (χ2n) is 4.95. The van der Waals surface area contributed by atoms with Crippen molar-refractivity contribution in [3.63, 3.8) is 0 Å². The quantitative estimate of drug-likeness (QED) is 0.801. The van der Waals surface area contributed by atoms with Crippen LogP contribution in [0.2, 0.25) is 0 Å². The van der Waals surface area contributed by atoms with Gasteiger partial charge in [0.2, 0.25) is 5.88 Å². The Kier molecular flexibility index (Phi) is 3.36. The third-order valence-corrected chi connectivity index (χ3v) is 3.58. The fourth-order valence-electron chi connectivity index (χ4n) is 2.43. The summed E-state index contributed by atoms with van der Waals surface area (Å²) in [5.74, 6) is -0.00227. The molecule has 4 heteroatoms. The molecule has 0 bridgehead atoms. The SMILES string of the molecule is Cn1c(Cc2ccccc2)c(O)n(-c2ccccc2)c1=O. The second kappa shape index (κ2) is 5.32. The minimum atomic E-state index is -0.246. The van der Waals surface area contributed by atoms with Crippen LogP contribution in [0.1, 0.15) is 11.3 Å². The van der Waals surface area contributed by atoms with Gasteiger partial charge in [0.15, 0.2) is 0 Å². The van der Waals surface area contributed by atoms with Crippen LogP contribution in [0.4, 0.5) is 0 Å². The average molecular weight is 280 g/mol. The molecule has 0 radical (unpaired) electrons. The van der Waals surface area contributed by atoms with E-state index in [4.69, 9.17) is 0 Å². The number of imidazole rings is 1. The van der Waals surface area contributed by atoms with Gasteiger partial charge in [0.25, 0.3) is 0 Å². The summed E-state index contributed by atoms with van der Waals surface area (Å²) in [6.07, 6.45) is 0.512. The maximum Gasteiger partial charge on any atom is 0.335 e. The lowest BCUT2D eigenvalue weighted by Crippen LogP contribution is -2.21. The molecule has 1 N–H and O–H groups in total. The van der Waals surface area contributed by atoms with Crippen LogP contribution >= 0.6 is 0 Å². The van der Waals surface area contributed by atoms with Crippen molar-refractivity contribution in [1.82, 2.24) is 9.13 Å². The van der Waals surface area contributed by atoms with Gasteiger partial charge >= 0.3 is 5.69 Å². The minimum Gasteiger partial charge on any atom is -0.493 e. The van der Waals surface area contributed by atoms with Crippen LogP contribution in [-0.4, -0.2) is 14.2 Å². The molecule has 0 saturated heterocycles. The summed E-state index contributed by atoms with van der Waals surface area (Å²) in [5.41, 5.74) is 2.07. The molecule has 0 aliphatic heterocycles. The first-order valence-electron chi connectivity index (χ1n) is 6.77. The molecule has 106 valence electrons. The molecule has 0 aliphatic rings. The fourth-order valence-corrected chi connectivity index (χ4v) is 2.43. The van der Waals surface area contributed by atoms with Crippen LogP contribution in [0.5, 0.6) is 5.88 Å². The Morgan fingerprint density at radius 3 is 2.14 bits per heavy atom. The largest absolute Gasteiger partial charge is 0.493 e. The molecule has 0 spiro atoms. The zero-order valence-electron chi connectivity index (χ0n) is 11.7. The van der Waals surface area contributed by atoms with E-state index in [1.54, 1.807) is 19.2 Å². The Balaban J connectivity index is 2.10. The van der Waals surface area contributed by atoms with Crippen LogP contribution in [0.25, 0.3) is 5.69 Å². The number of hydrogen-bond donors (Lipinski definition) is 1.